The van der Waals surface area contributed by atoms with Crippen molar-refractivity contribution in [2.45, 2.75) is 23.6 Å². The van der Waals surface area contributed by atoms with Crippen LogP contribution in [0.2, 0.25) is 0 Å². The van der Waals surface area contributed by atoms with Gasteiger partial charge in [-0.15, -0.1) is 0 Å². The molecule has 0 aromatic heterocycles. The van der Waals surface area contributed by atoms with E-state index in [9.17, 15) is 21.9 Å². The molecule has 0 radical (unpaired) electrons. The molecule has 3 N–H and O–H groups in total. The molecule has 3 aromatic carbocycles. The Morgan fingerprint density at radius 3 is 1.31 bits per heavy atom. The highest BCUT2D eigenvalue weighted by atomic mass is 32.2. The van der Waals surface area contributed by atoms with E-state index < -0.39 is 20.0 Å². The van der Waals surface area contributed by atoms with Crippen LogP contribution in [0.15, 0.2) is 76.5 Å². The fourth-order valence-electron chi connectivity index (χ4n) is 2.59. The summed E-state index contributed by atoms with van der Waals surface area (Å²) in [4.78, 5) is 0.0986. The number of phenolic OH excluding ortho intramolecular Hbond substituents is 1. The van der Waals surface area contributed by atoms with Crippen LogP contribution in [-0.2, 0) is 20.0 Å². The number of nitrogens with one attached hydrogen (secondary N) is 2. The quantitative estimate of drug-likeness (QED) is 0.551. The molecule has 0 amide bonds. The van der Waals surface area contributed by atoms with Gasteiger partial charge in [-0.2, -0.15) is 0 Å². The largest absolute Gasteiger partial charge is 0.508 e. The third-order valence-corrected chi connectivity index (χ3v) is 6.88. The molecule has 7 nitrogen and oxygen atoms in total. The monoisotopic (exact) mass is 432 g/mol. The number of aromatic hydroxyl groups is 1. The smallest absolute Gasteiger partial charge is 0.261 e. The predicted octanol–water partition coefficient (Wildman–Crippen LogP) is 3.61. The molecule has 0 saturated heterocycles. The second-order valence-corrected chi connectivity index (χ2v) is 9.97. The number of phenols is 1. The normalized spacial score (nSPS) is 11.8. The molecule has 0 heterocycles. The Balaban J connectivity index is 1.88. The minimum absolute atomic E-state index is 0.0205. The average molecular weight is 433 g/mol. The summed E-state index contributed by atoms with van der Waals surface area (Å²) in [5.41, 5.74) is 1.86. The van der Waals surface area contributed by atoms with Gasteiger partial charge in [-0.05, 0) is 44.2 Å². The lowest BCUT2D eigenvalue weighted by molar-refractivity contribution is 0.476. The number of hydrogen-bond donors (Lipinski definition) is 3. The minimum atomic E-state index is -3.90. The van der Waals surface area contributed by atoms with Crippen molar-refractivity contribution in [3.8, 4) is 5.75 Å². The van der Waals surface area contributed by atoms with E-state index in [1.54, 1.807) is 24.3 Å². The van der Waals surface area contributed by atoms with Gasteiger partial charge in [0.2, 0.25) is 0 Å². The first-order chi connectivity index (χ1) is 13.5. The summed E-state index contributed by atoms with van der Waals surface area (Å²) >= 11 is 0. The van der Waals surface area contributed by atoms with E-state index in [-0.39, 0.29) is 26.9 Å². The zero-order valence-electron chi connectivity index (χ0n) is 15.7. The summed E-state index contributed by atoms with van der Waals surface area (Å²) in [6.07, 6.45) is 0. The Labute approximate surface area is 170 Å². The number of rotatable bonds is 6. The molecule has 9 heteroatoms. The van der Waals surface area contributed by atoms with Crippen LogP contribution in [0.1, 0.15) is 11.1 Å². The van der Waals surface area contributed by atoms with Gasteiger partial charge in [-0.25, -0.2) is 16.8 Å². The maximum Gasteiger partial charge on any atom is 0.261 e. The summed E-state index contributed by atoms with van der Waals surface area (Å²) in [7, 11) is -7.81. The van der Waals surface area contributed by atoms with Crippen LogP contribution >= 0.6 is 0 Å². The highest BCUT2D eigenvalue weighted by Gasteiger charge is 2.17. The van der Waals surface area contributed by atoms with Crippen LogP contribution < -0.4 is 9.44 Å². The first kappa shape index (κ1) is 20.7. The van der Waals surface area contributed by atoms with Gasteiger partial charge in [0.1, 0.15) is 5.75 Å². The Kier molecular flexibility index (Phi) is 5.54. The lowest BCUT2D eigenvalue weighted by Crippen LogP contribution is -2.15. The summed E-state index contributed by atoms with van der Waals surface area (Å²) in [6.45, 7) is 3.68. The van der Waals surface area contributed by atoms with Gasteiger partial charge in [0.25, 0.3) is 20.0 Å². The molecule has 0 unspecified atom stereocenters. The Hall–Kier alpha value is -3.04. The summed E-state index contributed by atoms with van der Waals surface area (Å²) in [6, 6.07) is 16.2. The number of hydrogen-bond acceptors (Lipinski definition) is 5. The van der Waals surface area contributed by atoms with Crippen molar-refractivity contribution in [1.29, 1.82) is 0 Å². The Morgan fingerprint density at radius 1 is 0.621 bits per heavy atom. The van der Waals surface area contributed by atoms with Gasteiger partial charge in [0, 0.05) is 12.1 Å². The van der Waals surface area contributed by atoms with Crippen molar-refractivity contribution in [3.63, 3.8) is 0 Å². The highest BCUT2D eigenvalue weighted by Crippen LogP contribution is 2.27. The van der Waals surface area contributed by atoms with E-state index in [0.717, 1.165) is 11.1 Å². The van der Waals surface area contributed by atoms with Gasteiger partial charge in [0.15, 0.2) is 0 Å². The van der Waals surface area contributed by atoms with Gasteiger partial charge >= 0.3 is 0 Å². The van der Waals surface area contributed by atoms with E-state index in [1.807, 2.05) is 13.8 Å². The van der Waals surface area contributed by atoms with Gasteiger partial charge < -0.3 is 5.11 Å². The number of anilines is 2. The summed E-state index contributed by atoms with van der Waals surface area (Å²) < 4.78 is 54.9. The SMILES string of the molecule is Cc1ccc(S(=O)(=O)Nc2cc(O)cc(NS(=O)(=O)c3ccc(C)cc3)c2)cc1. The predicted molar refractivity (Wildman–Crippen MR) is 112 cm³/mol. The van der Waals surface area contributed by atoms with Crippen molar-refractivity contribution >= 4 is 31.4 Å². The molecule has 0 saturated carbocycles. The third-order valence-electron chi connectivity index (χ3n) is 4.08. The zero-order valence-corrected chi connectivity index (χ0v) is 17.4. The van der Waals surface area contributed by atoms with Crippen molar-refractivity contribution in [3.05, 3.63) is 77.9 Å². The van der Waals surface area contributed by atoms with Gasteiger partial charge in [0.05, 0.1) is 21.2 Å². The molecule has 0 atom stereocenters. The van der Waals surface area contributed by atoms with Crippen molar-refractivity contribution < 1.29 is 21.9 Å². The van der Waals surface area contributed by atoms with Gasteiger partial charge in [-0.1, -0.05) is 35.4 Å². The van der Waals surface area contributed by atoms with E-state index in [4.69, 9.17) is 0 Å². The molecule has 3 rings (SSSR count). The molecule has 0 fully saturated rings. The van der Waals surface area contributed by atoms with Crippen molar-refractivity contribution in [2.24, 2.45) is 0 Å². The van der Waals surface area contributed by atoms with Crippen molar-refractivity contribution in [1.82, 2.24) is 0 Å². The van der Waals surface area contributed by atoms with Crippen LogP contribution in [-0.4, -0.2) is 21.9 Å². The van der Waals surface area contributed by atoms with E-state index in [1.165, 1.54) is 42.5 Å². The van der Waals surface area contributed by atoms with Gasteiger partial charge in [-0.3, -0.25) is 9.44 Å². The van der Waals surface area contributed by atoms with E-state index >= 15 is 0 Å². The van der Waals surface area contributed by atoms with Crippen molar-refractivity contribution in [2.75, 3.05) is 9.44 Å². The van der Waals surface area contributed by atoms with Crippen LogP contribution in [0.4, 0.5) is 11.4 Å². The molecule has 0 aliphatic heterocycles. The molecule has 0 aliphatic carbocycles. The van der Waals surface area contributed by atoms with Crippen LogP contribution in [0.25, 0.3) is 0 Å². The standard InChI is InChI=1S/C20H20N2O5S2/c1-14-3-7-19(8-4-14)28(24,25)21-16-11-17(13-18(23)12-16)22-29(26,27)20-9-5-15(2)6-10-20/h3-13,21-23H,1-2H3. The average Bonchev–Trinajstić information content (AvgIpc) is 2.61. The molecule has 0 aliphatic rings. The third kappa shape index (κ3) is 5.07. The lowest BCUT2D eigenvalue weighted by Gasteiger charge is -2.12. The van der Waals surface area contributed by atoms with Crippen LogP contribution in [0.5, 0.6) is 5.75 Å². The topological polar surface area (TPSA) is 113 Å². The zero-order chi connectivity index (χ0) is 21.2. The number of sulfonamides is 2. The maximum absolute atomic E-state index is 12.5. The molecular weight excluding hydrogens is 412 g/mol. The Morgan fingerprint density at radius 2 is 0.966 bits per heavy atom. The lowest BCUT2D eigenvalue weighted by atomic mass is 10.2. The fourth-order valence-corrected chi connectivity index (χ4v) is 4.67. The molecule has 29 heavy (non-hydrogen) atoms. The molecule has 0 spiro atoms. The van der Waals surface area contributed by atoms with Crippen LogP contribution in [0.3, 0.4) is 0 Å². The second kappa shape index (κ2) is 7.76. The highest BCUT2D eigenvalue weighted by molar-refractivity contribution is 7.93. The Bertz CT molecular complexity index is 1140. The maximum atomic E-state index is 12.5. The minimum Gasteiger partial charge on any atom is -0.508 e. The summed E-state index contributed by atoms with van der Waals surface area (Å²) in [5, 5.41) is 9.93. The fraction of sp³-hybridized carbons (Fsp3) is 0.100. The van der Waals surface area contributed by atoms with E-state index in [2.05, 4.69) is 9.44 Å². The molecule has 3 aromatic rings. The molecule has 0 bridgehead atoms. The van der Waals surface area contributed by atoms with Crippen LogP contribution in [0, 0.1) is 13.8 Å². The first-order valence-corrected chi connectivity index (χ1v) is 11.5. The molecular formula is C20H20N2O5S2. The molecule has 152 valence electrons. The second-order valence-electron chi connectivity index (χ2n) is 6.61. The number of benzene rings is 3. The summed E-state index contributed by atoms with van der Waals surface area (Å²) in [5.74, 6) is -0.296. The first-order valence-electron chi connectivity index (χ1n) is 8.58. The number of aryl methyl sites for hydroxylation is 2. The van der Waals surface area contributed by atoms with E-state index in [0.29, 0.717) is 0 Å².